The number of nitrogens with zero attached hydrogens (tertiary/aromatic N) is 1. The van der Waals surface area contributed by atoms with E-state index in [0.717, 1.165) is 36.4 Å². The molecule has 0 amide bonds. The lowest BCUT2D eigenvalue weighted by atomic mass is 10.1. The minimum absolute atomic E-state index is 0.478. The number of methoxy groups -OCH3 is 1. The molecule has 0 aliphatic rings. The molecule has 0 aromatic heterocycles. The van der Waals surface area contributed by atoms with Crippen LogP contribution in [0.5, 0.6) is 11.5 Å². The van der Waals surface area contributed by atoms with E-state index >= 15 is 0 Å². The second-order valence-electron chi connectivity index (χ2n) is 5.80. The van der Waals surface area contributed by atoms with Gasteiger partial charge in [0.15, 0.2) is 0 Å². The maximum absolute atomic E-state index is 5.89. The Morgan fingerprint density at radius 2 is 1.78 bits per heavy atom. The highest BCUT2D eigenvalue weighted by molar-refractivity contribution is 6.30. The van der Waals surface area contributed by atoms with Crippen LogP contribution < -0.4 is 9.47 Å². The molecule has 2 aromatic carbocycles. The summed E-state index contributed by atoms with van der Waals surface area (Å²) in [6.45, 7) is 1.56. The molecule has 0 unspecified atom stereocenters. The van der Waals surface area contributed by atoms with Crippen molar-refractivity contribution < 1.29 is 9.47 Å². The molecule has 0 aliphatic carbocycles. The van der Waals surface area contributed by atoms with Crippen molar-refractivity contribution in [3.8, 4) is 11.5 Å². The summed E-state index contributed by atoms with van der Waals surface area (Å²) in [5.41, 5.74) is 2.37. The van der Waals surface area contributed by atoms with E-state index in [-0.39, 0.29) is 0 Å². The fourth-order valence-electron chi connectivity index (χ4n) is 2.39. The van der Waals surface area contributed by atoms with Crippen LogP contribution in [-0.4, -0.2) is 32.6 Å². The van der Waals surface area contributed by atoms with E-state index in [2.05, 4.69) is 31.1 Å². The molecule has 0 aliphatic heterocycles. The van der Waals surface area contributed by atoms with Crippen LogP contribution in [0, 0.1) is 0 Å². The standard InChI is InChI=1S/C19H24ClNO2/c1-21(2)12-4-5-15-6-11-19(22-3)16(13-15)14-23-18-9-7-17(20)8-10-18/h6-11,13H,4-5,12,14H2,1-3H3. The SMILES string of the molecule is COc1ccc(CCCN(C)C)cc1COc1ccc(Cl)cc1. The molecule has 0 atom stereocenters. The molecular formula is C19H24ClNO2. The lowest BCUT2D eigenvalue weighted by Gasteiger charge is -2.13. The number of hydrogen-bond donors (Lipinski definition) is 0. The second-order valence-corrected chi connectivity index (χ2v) is 6.23. The lowest BCUT2D eigenvalue weighted by Crippen LogP contribution is -2.13. The zero-order chi connectivity index (χ0) is 16.7. The zero-order valence-electron chi connectivity index (χ0n) is 14.0. The van der Waals surface area contributed by atoms with Crippen LogP contribution in [0.15, 0.2) is 42.5 Å². The summed E-state index contributed by atoms with van der Waals surface area (Å²) in [7, 11) is 5.88. The lowest BCUT2D eigenvalue weighted by molar-refractivity contribution is 0.296. The Kier molecular flexibility index (Phi) is 6.75. The Morgan fingerprint density at radius 3 is 2.43 bits per heavy atom. The van der Waals surface area contributed by atoms with Crippen molar-refractivity contribution in [1.29, 1.82) is 0 Å². The van der Waals surface area contributed by atoms with Crippen molar-refractivity contribution in [1.82, 2.24) is 4.90 Å². The summed E-state index contributed by atoms with van der Waals surface area (Å²) in [5, 5.41) is 0.706. The molecule has 0 spiro atoms. The highest BCUT2D eigenvalue weighted by Crippen LogP contribution is 2.23. The van der Waals surface area contributed by atoms with Crippen LogP contribution in [0.4, 0.5) is 0 Å². The third-order valence-corrected chi connectivity index (χ3v) is 3.88. The van der Waals surface area contributed by atoms with Crippen molar-refractivity contribution in [2.45, 2.75) is 19.4 Å². The smallest absolute Gasteiger partial charge is 0.125 e. The van der Waals surface area contributed by atoms with Crippen LogP contribution in [0.1, 0.15) is 17.5 Å². The van der Waals surface area contributed by atoms with E-state index in [1.54, 1.807) is 7.11 Å². The molecule has 0 N–H and O–H groups in total. The van der Waals surface area contributed by atoms with Gasteiger partial charge in [-0.1, -0.05) is 17.7 Å². The van der Waals surface area contributed by atoms with E-state index in [0.29, 0.717) is 11.6 Å². The fourth-order valence-corrected chi connectivity index (χ4v) is 2.52. The first-order chi connectivity index (χ1) is 11.1. The van der Waals surface area contributed by atoms with Gasteiger partial charge in [0, 0.05) is 10.6 Å². The van der Waals surface area contributed by atoms with Crippen LogP contribution in [0.25, 0.3) is 0 Å². The minimum atomic E-state index is 0.478. The Balaban J connectivity index is 2.01. The normalized spacial score (nSPS) is 10.8. The van der Waals surface area contributed by atoms with E-state index < -0.39 is 0 Å². The molecule has 2 rings (SSSR count). The van der Waals surface area contributed by atoms with Gasteiger partial charge in [0.25, 0.3) is 0 Å². The van der Waals surface area contributed by atoms with Crippen molar-refractivity contribution >= 4 is 11.6 Å². The Labute approximate surface area is 143 Å². The van der Waals surface area contributed by atoms with Gasteiger partial charge in [-0.3, -0.25) is 0 Å². The van der Waals surface area contributed by atoms with E-state index in [1.165, 1.54) is 5.56 Å². The maximum Gasteiger partial charge on any atom is 0.125 e. The van der Waals surface area contributed by atoms with Gasteiger partial charge in [-0.25, -0.2) is 0 Å². The van der Waals surface area contributed by atoms with Gasteiger partial charge in [0.2, 0.25) is 0 Å². The van der Waals surface area contributed by atoms with E-state index in [4.69, 9.17) is 21.1 Å². The first-order valence-electron chi connectivity index (χ1n) is 7.77. The Morgan fingerprint density at radius 1 is 1.04 bits per heavy atom. The number of rotatable bonds is 8. The first kappa shape index (κ1) is 17.6. The maximum atomic E-state index is 5.89. The highest BCUT2D eigenvalue weighted by Gasteiger charge is 2.06. The number of ether oxygens (including phenoxy) is 2. The second kappa shape index (κ2) is 8.80. The van der Waals surface area contributed by atoms with Gasteiger partial charge in [-0.05, 0) is 75.4 Å². The molecule has 23 heavy (non-hydrogen) atoms. The summed E-state index contributed by atoms with van der Waals surface area (Å²) >= 11 is 5.89. The van der Waals surface area contributed by atoms with Gasteiger partial charge in [-0.15, -0.1) is 0 Å². The third kappa shape index (κ3) is 5.77. The van der Waals surface area contributed by atoms with Crippen molar-refractivity contribution in [3.63, 3.8) is 0 Å². The predicted molar refractivity (Wildman–Crippen MR) is 95.7 cm³/mol. The van der Waals surface area contributed by atoms with Gasteiger partial charge in [0.05, 0.1) is 7.11 Å². The highest BCUT2D eigenvalue weighted by atomic mass is 35.5. The van der Waals surface area contributed by atoms with Crippen molar-refractivity contribution in [3.05, 3.63) is 58.6 Å². The molecule has 0 fully saturated rings. The Bertz CT molecular complexity index is 611. The average Bonchev–Trinajstić information content (AvgIpc) is 2.54. The summed E-state index contributed by atoms with van der Waals surface area (Å²) in [6, 6.07) is 13.7. The fraction of sp³-hybridized carbons (Fsp3) is 0.368. The molecule has 0 bridgehead atoms. The molecule has 124 valence electrons. The van der Waals surface area contributed by atoms with Crippen LogP contribution in [0.3, 0.4) is 0 Å². The average molecular weight is 334 g/mol. The molecule has 4 heteroatoms. The molecule has 0 saturated carbocycles. The van der Waals surface area contributed by atoms with Gasteiger partial charge < -0.3 is 14.4 Å². The predicted octanol–water partition coefficient (Wildman–Crippen LogP) is 4.42. The Hall–Kier alpha value is -1.71. The third-order valence-electron chi connectivity index (χ3n) is 3.62. The minimum Gasteiger partial charge on any atom is -0.496 e. The molecule has 2 aromatic rings. The summed E-state index contributed by atoms with van der Waals surface area (Å²) in [5.74, 6) is 1.66. The molecule has 0 saturated heterocycles. The number of benzene rings is 2. The van der Waals surface area contributed by atoms with Crippen LogP contribution >= 0.6 is 11.6 Å². The van der Waals surface area contributed by atoms with Crippen LogP contribution in [-0.2, 0) is 13.0 Å². The summed E-state index contributed by atoms with van der Waals surface area (Å²) in [4.78, 5) is 2.20. The number of aryl methyl sites for hydroxylation is 1. The number of hydrogen-bond acceptors (Lipinski definition) is 3. The quantitative estimate of drug-likeness (QED) is 0.713. The van der Waals surface area contributed by atoms with Gasteiger partial charge >= 0.3 is 0 Å². The molecular weight excluding hydrogens is 310 g/mol. The van der Waals surface area contributed by atoms with Gasteiger partial charge in [0.1, 0.15) is 18.1 Å². The summed E-state index contributed by atoms with van der Waals surface area (Å²) < 4.78 is 11.3. The zero-order valence-corrected chi connectivity index (χ0v) is 14.8. The largest absolute Gasteiger partial charge is 0.496 e. The van der Waals surface area contributed by atoms with Gasteiger partial charge in [-0.2, -0.15) is 0 Å². The van der Waals surface area contributed by atoms with E-state index in [1.807, 2.05) is 30.3 Å². The number of halogens is 1. The topological polar surface area (TPSA) is 21.7 Å². The molecule has 0 heterocycles. The van der Waals surface area contributed by atoms with E-state index in [9.17, 15) is 0 Å². The summed E-state index contributed by atoms with van der Waals surface area (Å²) in [6.07, 6.45) is 2.19. The monoisotopic (exact) mass is 333 g/mol. The first-order valence-corrected chi connectivity index (χ1v) is 8.15. The van der Waals surface area contributed by atoms with Crippen LogP contribution in [0.2, 0.25) is 5.02 Å². The molecule has 3 nitrogen and oxygen atoms in total. The molecule has 0 radical (unpaired) electrons. The van der Waals surface area contributed by atoms with Crippen molar-refractivity contribution in [2.24, 2.45) is 0 Å². The van der Waals surface area contributed by atoms with Crippen molar-refractivity contribution in [2.75, 3.05) is 27.7 Å².